The van der Waals surface area contributed by atoms with Gasteiger partial charge in [-0.25, -0.2) is 4.39 Å². The Bertz CT molecular complexity index is 602. The van der Waals surface area contributed by atoms with Crippen LogP contribution in [0, 0.1) is 15.9 Å². The van der Waals surface area contributed by atoms with E-state index in [1.807, 2.05) is 0 Å². The van der Waals surface area contributed by atoms with Crippen LogP contribution in [-0.2, 0) is 13.0 Å². The molecule has 2 rings (SSSR count). The number of halogens is 1. The van der Waals surface area contributed by atoms with Crippen molar-refractivity contribution in [3.8, 4) is 0 Å². The summed E-state index contributed by atoms with van der Waals surface area (Å²) in [6.07, 6.45) is 0.549. The largest absolute Gasteiger partial charge is 0.312 e. The van der Waals surface area contributed by atoms with Gasteiger partial charge in [0.05, 0.1) is 4.92 Å². The van der Waals surface area contributed by atoms with Crippen LogP contribution in [0.5, 0.6) is 0 Å². The predicted molar refractivity (Wildman–Crippen MR) is 74.9 cm³/mol. The zero-order valence-corrected chi connectivity index (χ0v) is 10.9. The summed E-state index contributed by atoms with van der Waals surface area (Å²) in [7, 11) is 0. The summed E-state index contributed by atoms with van der Waals surface area (Å²) in [4.78, 5) is 10.5. The number of para-hydroxylation sites is 1. The molecule has 0 bridgehead atoms. The molecule has 0 heterocycles. The van der Waals surface area contributed by atoms with Crippen LogP contribution in [0.1, 0.15) is 11.1 Å². The lowest BCUT2D eigenvalue weighted by atomic mass is 10.1. The molecular formula is C15H15FN2O2. The van der Waals surface area contributed by atoms with Crippen molar-refractivity contribution in [3.05, 3.63) is 75.6 Å². The number of hydrogen-bond acceptors (Lipinski definition) is 3. The highest BCUT2D eigenvalue weighted by Crippen LogP contribution is 2.17. The molecule has 0 saturated carbocycles. The molecule has 4 nitrogen and oxygen atoms in total. The molecule has 0 radical (unpaired) electrons. The van der Waals surface area contributed by atoms with Crippen LogP contribution in [0.4, 0.5) is 10.1 Å². The van der Waals surface area contributed by atoms with Crippen molar-refractivity contribution in [2.24, 2.45) is 0 Å². The van der Waals surface area contributed by atoms with Crippen molar-refractivity contribution in [1.29, 1.82) is 0 Å². The summed E-state index contributed by atoms with van der Waals surface area (Å²) < 4.78 is 13.4. The highest BCUT2D eigenvalue weighted by molar-refractivity contribution is 5.39. The number of nitrogens with one attached hydrogen (secondary N) is 1. The first-order valence-electron chi connectivity index (χ1n) is 6.35. The van der Waals surface area contributed by atoms with E-state index in [9.17, 15) is 14.5 Å². The first-order chi connectivity index (χ1) is 9.68. The third-order valence-electron chi connectivity index (χ3n) is 3.03. The first kappa shape index (κ1) is 14.1. The van der Waals surface area contributed by atoms with Crippen LogP contribution in [0.25, 0.3) is 0 Å². The lowest BCUT2D eigenvalue weighted by Gasteiger charge is -2.06. The summed E-state index contributed by atoms with van der Waals surface area (Å²) in [5, 5.41) is 14.0. The maximum Gasteiger partial charge on any atom is 0.273 e. The topological polar surface area (TPSA) is 55.2 Å². The van der Waals surface area contributed by atoms with E-state index in [1.54, 1.807) is 36.4 Å². The normalized spacial score (nSPS) is 10.4. The van der Waals surface area contributed by atoms with Gasteiger partial charge in [0.2, 0.25) is 0 Å². The molecule has 2 aromatic carbocycles. The minimum atomic E-state index is -0.395. The van der Waals surface area contributed by atoms with Crippen molar-refractivity contribution in [2.45, 2.75) is 13.0 Å². The Labute approximate surface area is 116 Å². The number of rotatable bonds is 6. The van der Waals surface area contributed by atoms with E-state index in [1.165, 1.54) is 12.1 Å². The van der Waals surface area contributed by atoms with Gasteiger partial charge in [-0.05, 0) is 24.6 Å². The van der Waals surface area contributed by atoms with Crippen molar-refractivity contribution < 1.29 is 9.31 Å². The molecule has 2 aromatic rings. The molecule has 0 aromatic heterocycles. The van der Waals surface area contributed by atoms with Crippen LogP contribution >= 0.6 is 0 Å². The van der Waals surface area contributed by atoms with Crippen molar-refractivity contribution >= 4 is 5.69 Å². The van der Waals surface area contributed by atoms with Gasteiger partial charge >= 0.3 is 0 Å². The van der Waals surface area contributed by atoms with E-state index in [0.717, 1.165) is 0 Å². The van der Waals surface area contributed by atoms with Crippen LogP contribution < -0.4 is 5.32 Å². The van der Waals surface area contributed by atoms with Gasteiger partial charge in [0.15, 0.2) is 0 Å². The molecule has 0 aliphatic carbocycles. The Hall–Kier alpha value is -2.27. The standard InChI is InChI=1S/C15H15FN2O2/c16-14-7-3-1-5-12(14)9-10-17-11-13-6-2-4-8-15(13)18(19)20/h1-8,17H,9-11H2. The third-order valence-corrected chi connectivity index (χ3v) is 3.03. The van der Waals surface area contributed by atoms with Gasteiger partial charge in [0.1, 0.15) is 5.82 Å². The highest BCUT2D eigenvalue weighted by atomic mass is 19.1. The monoisotopic (exact) mass is 274 g/mol. The number of nitro groups is 1. The minimum Gasteiger partial charge on any atom is -0.312 e. The maximum atomic E-state index is 13.4. The fourth-order valence-electron chi connectivity index (χ4n) is 1.99. The highest BCUT2D eigenvalue weighted by Gasteiger charge is 2.11. The lowest BCUT2D eigenvalue weighted by molar-refractivity contribution is -0.385. The van der Waals surface area contributed by atoms with Gasteiger partial charge in [0, 0.05) is 18.2 Å². The SMILES string of the molecule is O=[N+]([O-])c1ccccc1CNCCc1ccccc1F. The van der Waals surface area contributed by atoms with Crippen LogP contribution in [0.15, 0.2) is 48.5 Å². The summed E-state index contributed by atoms with van der Waals surface area (Å²) >= 11 is 0. The van der Waals surface area contributed by atoms with Gasteiger partial charge in [-0.2, -0.15) is 0 Å². The maximum absolute atomic E-state index is 13.4. The molecule has 0 amide bonds. The summed E-state index contributed by atoms with van der Waals surface area (Å²) in [6, 6.07) is 13.2. The Kier molecular flexibility index (Phi) is 4.79. The molecule has 0 aliphatic heterocycles. The van der Waals surface area contributed by atoms with E-state index in [-0.39, 0.29) is 11.5 Å². The second-order valence-electron chi connectivity index (χ2n) is 4.40. The fraction of sp³-hybridized carbons (Fsp3) is 0.200. The average Bonchev–Trinajstić information content (AvgIpc) is 2.45. The van der Waals surface area contributed by atoms with E-state index >= 15 is 0 Å². The molecular weight excluding hydrogens is 259 g/mol. The summed E-state index contributed by atoms with van der Waals surface area (Å²) in [5.41, 5.74) is 1.37. The van der Waals surface area contributed by atoms with E-state index < -0.39 is 4.92 Å². The molecule has 0 saturated heterocycles. The lowest BCUT2D eigenvalue weighted by Crippen LogP contribution is -2.17. The van der Waals surface area contributed by atoms with Gasteiger partial charge < -0.3 is 5.32 Å². The summed E-state index contributed by atoms with van der Waals surface area (Å²) in [6.45, 7) is 0.957. The molecule has 0 unspecified atom stereocenters. The second-order valence-corrected chi connectivity index (χ2v) is 4.40. The number of nitro benzene ring substituents is 1. The molecule has 104 valence electrons. The number of nitrogens with zero attached hydrogens (tertiary/aromatic N) is 1. The van der Waals surface area contributed by atoms with Gasteiger partial charge in [-0.3, -0.25) is 10.1 Å². The fourth-order valence-corrected chi connectivity index (χ4v) is 1.99. The zero-order valence-electron chi connectivity index (χ0n) is 10.9. The quantitative estimate of drug-likeness (QED) is 0.500. The smallest absolute Gasteiger partial charge is 0.273 e. The second kappa shape index (κ2) is 6.77. The van der Waals surface area contributed by atoms with E-state index in [2.05, 4.69) is 5.32 Å². The van der Waals surface area contributed by atoms with Crippen molar-refractivity contribution in [3.63, 3.8) is 0 Å². The molecule has 0 spiro atoms. The Morgan fingerprint density at radius 2 is 1.70 bits per heavy atom. The van der Waals surface area contributed by atoms with E-state index in [4.69, 9.17) is 0 Å². The van der Waals surface area contributed by atoms with Gasteiger partial charge in [-0.15, -0.1) is 0 Å². The molecule has 1 N–H and O–H groups in total. The van der Waals surface area contributed by atoms with Crippen molar-refractivity contribution in [1.82, 2.24) is 5.32 Å². The Balaban J connectivity index is 1.88. The van der Waals surface area contributed by atoms with Gasteiger partial charge in [0.25, 0.3) is 5.69 Å². The van der Waals surface area contributed by atoms with E-state index in [0.29, 0.717) is 30.6 Å². The Morgan fingerprint density at radius 3 is 2.40 bits per heavy atom. The number of benzene rings is 2. The minimum absolute atomic E-state index is 0.103. The van der Waals surface area contributed by atoms with Crippen molar-refractivity contribution in [2.75, 3.05) is 6.54 Å². The molecule has 20 heavy (non-hydrogen) atoms. The molecule has 0 aliphatic rings. The van der Waals surface area contributed by atoms with Crippen LogP contribution in [-0.4, -0.2) is 11.5 Å². The molecule has 0 fully saturated rings. The number of hydrogen-bond donors (Lipinski definition) is 1. The van der Waals surface area contributed by atoms with Crippen LogP contribution in [0.2, 0.25) is 0 Å². The average molecular weight is 274 g/mol. The van der Waals surface area contributed by atoms with Gasteiger partial charge in [-0.1, -0.05) is 36.4 Å². The Morgan fingerprint density at radius 1 is 1.05 bits per heavy atom. The predicted octanol–water partition coefficient (Wildman–Crippen LogP) is 3.07. The first-order valence-corrected chi connectivity index (χ1v) is 6.35. The third kappa shape index (κ3) is 3.61. The zero-order chi connectivity index (χ0) is 14.4. The molecule has 0 atom stereocenters. The summed E-state index contributed by atoms with van der Waals surface area (Å²) in [5.74, 6) is -0.222. The van der Waals surface area contributed by atoms with Crippen LogP contribution in [0.3, 0.4) is 0 Å². The molecule has 5 heteroatoms.